The largest absolute Gasteiger partial charge is 0.549 e. The van der Waals surface area contributed by atoms with Crippen molar-refractivity contribution in [1.82, 2.24) is 0 Å². The third-order valence-electron chi connectivity index (χ3n) is 3.74. The van der Waals surface area contributed by atoms with Crippen molar-refractivity contribution in [2.75, 3.05) is 19.4 Å². The highest BCUT2D eigenvalue weighted by Gasteiger charge is 2.37. The second-order valence-electron chi connectivity index (χ2n) is 5.34. The number of hydrogen-bond acceptors (Lipinski definition) is 4. The summed E-state index contributed by atoms with van der Waals surface area (Å²) in [6.07, 6.45) is 4.48. The van der Waals surface area contributed by atoms with Crippen LogP contribution in [0.5, 0.6) is 0 Å². The minimum Gasteiger partial charge on any atom is -0.549 e. The summed E-state index contributed by atoms with van der Waals surface area (Å²) in [5.41, 5.74) is -1.40. The van der Waals surface area contributed by atoms with Gasteiger partial charge in [0.25, 0.3) is 7.37 Å². The predicted octanol–water partition coefficient (Wildman–Crippen LogP) is -0.763. The second kappa shape index (κ2) is 6.57. The molecule has 1 unspecified atom stereocenters. The summed E-state index contributed by atoms with van der Waals surface area (Å²) in [5.74, 6) is -1.09. The Morgan fingerprint density at radius 3 is 2.70 bits per heavy atom. The van der Waals surface area contributed by atoms with Gasteiger partial charge in [-0.3, -0.25) is 4.57 Å². The average Bonchev–Trinajstić information content (AvgIpc) is 2.89. The van der Waals surface area contributed by atoms with Gasteiger partial charge in [0.1, 0.15) is 5.76 Å². The molecule has 1 fully saturated rings. The van der Waals surface area contributed by atoms with E-state index in [1.54, 1.807) is 12.1 Å². The zero-order valence-corrected chi connectivity index (χ0v) is 12.2. The number of piperidine rings is 1. The number of carbonyl (C=O) groups is 1. The molecule has 1 aromatic rings. The fraction of sp³-hybridized carbons (Fsp3) is 0.615. The van der Waals surface area contributed by atoms with Crippen molar-refractivity contribution in [1.29, 1.82) is 0 Å². The van der Waals surface area contributed by atoms with Crippen molar-refractivity contribution in [3.8, 4) is 0 Å². The Balaban J connectivity index is 2.05. The highest BCUT2D eigenvalue weighted by atomic mass is 31.2. The fourth-order valence-corrected chi connectivity index (χ4v) is 4.62. The zero-order valence-electron chi connectivity index (χ0n) is 11.3. The standard InChI is InChI=1S/C13H20NO5P/c15-13(16)12(9-11-5-4-8-19-11)20(17,18)10-14-6-2-1-3-7-14/h4-5,8,12H,1-3,6-7,9-10H2,(H,15,16)(H,17,18)/t12-/m0/s1. The molecule has 2 rings (SSSR count). The van der Waals surface area contributed by atoms with E-state index in [1.165, 1.54) is 6.26 Å². The number of hydrogen-bond donors (Lipinski definition) is 2. The molecular weight excluding hydrogens is 281 g/mol. The van der Waals surface area contributed by atoms with Crippen molar-refractivity contribution in [3.63, 3.8) is 0 Å². The zero-order chi connectivity index (χ0) is 14.6. The van der Waals surface area contributed by atoms with Gasteiger partial charge in [-0.25, -0.2) is 0 Å². The molecule has 1 aliphatic heterocycles. The topological polar surface area (TPSA) is 95.0 Å². The first kappa shape index (κ1) is 15.3. The van der Waals surface area contributed by atoms with Crippen molar-refractivity contribution in [2.24, 2.45) is 0 Å². The minimum atomic E-state index is -3.83. The van der Waals surface area contributed by atoms with Crippen LogP contribution in [0.4, 0.5) is 0 Å². The van der Waals surface area contributed by atoms with E-state index in [-0.39, 0.29) is 12.7 Å². The molecule has 0 bridgehead atoms. The first-order valence-corrected chi connectivity index (χ1v) is 8.79. The smallest absolute Gasteiger partial charge is 0.262 e. The summed E-state index contributed by atoms with van der Waals surface area (Å²) in [6, 6.07) is 3.23. The molecule has 0 aromatic carbocycles. The fourth-order valence-electron chi connectivity index (χ4n) is 2.65. The monoisotopic (exact) mass is 301 g/mol. The van der Waals surface area contributed by atoms with Crippen LogP contribution in [-0.2, 0) is 15.8 Å². The lowest BCUT2D eigenvalue weighted by Gasteiger charge is -2.29. The number of carboxylic acids is 1. The normalized spacial score (nSPS) is 21.2. The molecule has 20 heavy (non-hydrogen) atoms. The van der Waals surface area contributed by atoms with E-state index >= 15 is 0 Å². The summed E-state index contributed by atoms with van der Waals surface area (Å²) in [6.45, 7) is 1.65. The number of quaternary nitrogens is 1. The van der Waals surface area contributed by atoms with Crippen LogP contribution in [0.1, 0.15) is 25.0 Å². The van der Waals surface area contributed by atoms with Crippen LogP contribution in [-0.4, -0.2) is 35.9 Å². The van der Waals surface area contributed by atoms with Crippen molar-refractivity contribution in [3.05, 3.63) is 24.2 Å². The number of rotatable bonds is 6. The van der Waals surface area contributed by atoms with E-state index < -0.39 is 19.0 Å². The van der Waals surface area contributed by atoms with Gasteiger partial charge < -0.3 is 24.1 Å². The summed E-state index contributed by atoms with van der Waals surface area (Å²) < 4.78 is 17.5. The highest BCUT2D eigenvalue weighted by molar-refractivity contribution is 7.59. The third kappa shape index (κ3) is 3.95. The van der Waals surface area contributed by atoms with Gasteiger partial charge in [-0.1, -0.05) is 0 Å². The maximum Gasteiger partial charge on any atom is 0.262 e. The lowest BCUT2D eigenvalue weighted by atomic mass is 10.1. The Morgan fingerprint density at radius 2 is 2.15 bits per heavy atom. The maximum absolute atomic E-state index is 12.4. The number of furan rings is 1. The van der Waals surface area contributed by atoms with Crippen molar-refractivity contribution >= 4 is 13.3 Å². The van der Waals surface area contributed by atoms with E-state index in [9.17, 15) is 19.4 Å². The molecule has 0 aliphatic carbocycles. The van der Waals surface area contributed by atoms with Crippen molar-refractivity contribution in [2.45, 2.75) is 31.3 Å². The molecule has 1 aliphatic rings. The van der Waals surface area contributed by atoms with Crippen LogP contribution in [0.3, 0.4) is 0 Å². The van der Waals surface area contributed by atoms with E-state index in [0.717, 1.165) is 37.3 Å². The molecule has 112 valence electrons. The minimum absolute atomic E-state index is 0.00758. The van der Waals surface area contributed by atoms with Crippen LogP contribution >= 0.6 is 7.37 Å². The van der Waals surface area contributed by atoms with Crippen molar-refractivity contribution < 1.29 is 28.7 Å². The lowest BCUT2D eigenvalue weighted by Crippen LogP contribution is -3.12. The van der Waals surface area contributed by atoms with Crippen LogP contribution in [0.2, 0.25) is 0 Å². The van der Waals surface area contributed by atoms with Gasteiger partial charge >= 0.3 is 0 Å². The number of carbonyl (C=O) groups excluding carboxylic acids is 1. The Morgan fingerprint density at radius 1 is 1.45 bits per heavy atom. The van der Waals surface area contributed by atoms with Crippen LogP contribution in [0.15, 0.2) is 22.8 Å². The number of likely N-dealkylation sites (tertiary alicyclic amines) is 1. The first-order valence-electron chi connectivity index (χ1n) is 6.87. The van der Waals surface area contributed by atoms with E-state index in [0.29, 0.717) is 5.76 Å². The molecule has 1 saturated heterocycles. The molecule has 0 radical (unpaired) electrons. The molecule has 2 heterocycles. The van der Waals surface area contributed by atoms with Gasteiger partial charge in [-0.15, -0.1) is 0 Å². The van der Waals surface area contributed by atoms with Crippen LogP contribution in [0, 0.1) is 0 Å². The summed E-state index contributed by atoms with van der Waals surface area (Å²) in [7, 11) is -3.83. The Kier molecular flexibility index (Phi) is 5.02. The van der Waals surface area contributed by atoms with Gasteiger partial charge in [0, 0.05) is 6.42 Å². The molecule has 0 amide bonds. The van der Waals surface area contributed by atoms with Crippen LogP contribution in [0.25, 0.3) is 0 Å². The number of carboxylic acid groups (broad SMARTS) is 1. The SMILES string of the molecule is O=C([O-])[C@H](Cc1ccco1)P(=O)(O)C[NH+]1CCCCC1. The van der Waals surface area contributed by atoms with Gasteiger partial charge in [0.2, 0.25) is 0 Å². The van der Waals surface area contributed by atoms with Gasteiger partial charge in [-0.2, -0.15) is 0 Å². The Bertz CT molecular complexity index is 481. The van der Waals surface area contributed by atoms with E-state index in [2.05, 4.69) is 0 Å². The maximum atomic E-state index is 12.4. The summed E-state index contributed by atoms with van der Waals surface area (Å²) in [5, 5.41) is 11.2. The van der Waals surface area contributed by atoms with Gasteiger partial charge in [-0.05, 0) is 31.4 Å². The van der Waals surface area contributed by atoms with Gasteiger partial charge in [0.05, 0.1) is 31.0 Å². The number of aliphatic carboxylic acids is 1. The summed E-state index contributed by atoms with van der Waals surface area (Å²) in [4.78, 5) is 22.4. The van der Waals surface area contributed by atoms with E-state index in [4.69, 9.17) is 4.42 Å². The molecule has 0 saturated carbocycles. The molecule has 0 spiro atoms. The average molecular weight is 301 g/mol. The van der Waals surface area contributed by atoms with E-state index in [1.807, 2.05) is 0 Å². The molecular formula is C13H20NO5P. The molecule has 2 N–H and O–H groups in total. The highest BCUT2D eigenvalue weighted by Crippen LogP contribution is 2.45. The van der Waals surface area contributed by atoms with Crippen LogP contribution < -0.4 is 10.0 Å². The Hall–Kier alpha value is -1.10. The second-order valence-corrected chi connectivity index (χ2v) is 7.79. The number of nitrogens with one attached hydrogen (secondary N) is 1. The quantitative estimate of drug-likeness (QED) is 0.673. The predicted molar refractivity (Wildman–Crippen MR) is 70.4 cm³/mol. The molecule has 6 nitrogen and oxygen atoms in total. The summed E-state index contributed by atoms with van der Waals surface area (Å²) >= 11 is 0. The molecule has 2 atom stereocenters. The Labute approximate surface area is 117 Å². The molecule has 7 heteroatoms. The first-order chi connectivity index (χ1) is 9.49. The van der Waals surface area contributed by atoms with Gasteiger partial charge in [0.15, 0.2) is 6.29 Å². The lowest BCUT2D eigenvalue weighted by molar-refractivity contribution is -0.893. The molecule has 1 aromatic heterocycles. The third-order valence-corrected chi connectivity index (χ3v) is 6.01.